The van der Waals surface area contributed by atoms with E-state index in [-0.39, 0.29) is 12.7 Å². The third-order valence-electron chi connectivity index (χ3n) is 1.78. The van der Waals surface area contributed by atoms with Crippen molar-refractivity contribution < 1.29 is 9.84 Å². The summed E-state index contributed by atoms with van der Waals surface area (Å²) in [5, 5.41) is 9.75. The van der Waals surface area contributed by atoms with Crippen LogP contribution in [0.5, 0.6) is 5.75 Å². The Morgan fingerprint density at radius 2 is 2.15 bits per heavy atom. The smallest absolute Gasteiger partial charge is 0.126 e. The van der Waals surface area contributed by atoms with Crippen molar-refractivity contribution in [3.05, 3.63) is 24.3 Å². The molecule has 0 aliphatic rings. The highest BCUT2D eigenvalue weighted by Crippen LogP contribution is 2.12. The summed E-state index contributed by atoms with van der Waals surface area (Å²) in [5.41, 5.74) is 0. The summed E-state index contributed by atoms with van der Waals surface area (Å²) >= 11 is 0. The molecule has 0 radical (unpaired) electrons. The maximum Gasteiger partial charge on any atom is 0.126 e. The molecule has 0 heterocycles. The topological polar surface area (TPSA) is 29.5 Å². The van der Waals surface area contributed by atoms with Crippen LogP contribution in [0.15, 0.2) is 24.3 Å². The van der Waals surface area contributed by atoms with Gasteiger partial charge in [0.05, 0.1) is 6.10 Å². The van der Waals surface area contributed by atoms with E-state index in [4.69, 9.17) is 9.84 Å². The summed E-state index contributed by atoms with van der Waals surface area (Å²) in [7, 11) is 2.63. The third-order valence-corrected chi connectivity index (χ3v) is 2.26. The molecule has 0 spiro atoms. The summed E-state index contributed by atoms with van der Waals surface area (Å²) in [6.07, 6.45) is 0.727. The van der Waals surface area contributed by atoms with Gasteiger partial charge in [0.15, 0.2) is 0 Å². The highest BCUT2D eigenvalue weighted by molar-refractivity contribution is 7.27. The second-order valence-corrected chi connectivity index (χ2v) is 3.60. The van der Waals surface area contributed by atoms with Crippen LogP contribution in [-0.2, 0) is 0 Å². The monoisotopic (exact) mass is 198 g/mol. The molecule has 3 heteroatoms. The summed E-state index contributed by atoms with van der Waals surface area (Å²) in [6.45, 7) is 2.12. The summed E-state index contributed by atoms with van der Waals surface area (Å²) in [4.78, 5) is 0. The fourth-order valence-electron chi connectivity index (χ4n) is 1.05. The molecular weight excluding hydrogens is 183 g/mol. The SMILES string of the molecule is CC(CCO)Oc1ccccc1P. The molecule has 0 fully saturated rings. The molecule has 1 N–H and O–H groups in total. The number of ether oxygens (including phenoxy) is 1. The number of benzene rings is 1. The first kappa shape index (κ1) is 10.5. The van der Waals surface area contributed by atoms with Crippen LogP contribution < -0.4 is 10.0 Å². The number of hydrogen-bond acceptors (Lipinski definition) is 2. The molecule has 0 bridgehead atoms. The fraction of sp³-hybridized carbons (Fsp3) is 0.400. The lowest BCUT2D eigenvalue weighted by molar-refractivity contribution is 0.170. The highest BCUT2D eigenvalue weighted by Gasteiger charge is 2.04. The number of para-hydroxylation sites is 1. The quantitative estimate of drug-likeness (QED) is 0.740. The first-order valence-electron chi connectivity index (χ1n) is 4.36. The van der Waals surface area contributed by atoms with Crippen LogP contribution in [0.3, 0.4) is 0 Å². The average Bonchev–Trinajstić information content (AvgIpc) is 2.09. The number of rotatable bonds is 4. The van der Waals surface area contributed by atoms with E-state index < -0.39 is 0 Å². The van der Waals surface area contributed by atoms with E-state index in [1.165, 1.54) is 0 Å². The van der Waals surface area contributed by atoms with E-state index in [0.717, 1.165) is 11.1 Å². The van der Waals surface area contributed by atoms with Gasteiger partial charge < -0.3 is 9.84 Å². The average molecular weight is 198 g/mol. The Labute approximate surface area is 81.1 Å². The van der Waals surface area contributed by atoms with Crippen LogP contribution in [0, 0.1) is 0 Å². The minimum atomic E-state index is 0.0618. The van der Waals surface area contributed by atoms with E-state index in [1.54, 1.807) is 0 Å². The lowest BCUT2D eigenvalue weighted by atomic mass is 10.3. The van der Waals surface area contributed by atoms with Crippen molar-refractivity contribution in [2.75, 3.05) is 6.61 Å². The number of aliphatic hydroxyl groups is 1. The summed E-state index contributed by atoms with van der Waals surface area (Å²) in [5.74, 6) is 0.869. The molecule has 0 saturated carbocycles. The lowest BCUT2D eigenvalue weighted by Gasteiger charge is -2.14. The predicted molar refractivity (Wildman–Crippen MR) is 57.6 cm³/mol. The molecule has 1 aromatic carbocycles. The molecule has 0 amide bonds. The van der Waals surface area contributed by atoms with Crippen molar-refractivity contribution in [1.82, 2.24) is 0 Å². The largest absolute Gasteiger partial charge is 0.490 e. The second kappa shape index (κ2) is 5.21. The zero-order chi connectivity index (χ0) is 9.68. The summed E-state index contributed by atoms with van der Waals surface area (Å²) < 4.78 is 5.60. The molecule has 0 aliphatic heterocycles. The fourth-order valence-corrected chi connectivity index (χ4v) is 1.32. The minimum Gasteiger partial charge on any atom is -0.490 e. The third kappa shape index (κ3) is 3.33. The Balaban J connectivity index is 2.58. The van der Waals surface area contributed by atoms with Gasteiger partial charge >= 0.3 is 0 Å². The number of hydrogen-bond donors (Lipinski definition) is 1. The zero-order valence-electron chi connectivity index (χ0n) is 7.73. The molecule has 0 aromatic heterocycles. The van der Waals surface area contributed by atoms with Crippen LogP contribution in [0.4, 0.5) is 0 Å². The molecular formula is C10H15O2P. The van der Waals surface area contributed by atoms with Crippen LogP contribution >= 0.6 is 9.24 Å². The maximum atomic E-state index is 8.70. The Bertz CT molecular complexity index is 263. The van der Waals surface area contributed by atoms with Gasteiger partial charge in [-0.3, -0.25) is 0 Å². The Hall–Kier alpha value is -0.590. The van der Waals surface area contributed by atoms with E-state index in [9.17, 15) is 0 Å². The van der Waals surface area contributed by atoms with E-state index in [0.29, 0.717) is 6.42 Å². The van der Waals surface area contributed by atoms with Gasteiger partial charge in [0, 0.05) is 18.3 Å². The molecule has 2 nitrogen and oxygen atoms in total. The molecule has 2 unspecified atom stereocenters. The van der Waals surface area contributed by atoms with Crippen molar-refractivity contribution in [3.8, 4) is 5.75 Å². The van der Waals surface area contributed by atoms with Crippen LogP contribution in [-0.4, -0.2) is 17.8 Å². The van der Waals surface area contributed by atoms with Gasteiger partial charge in [-0.25, -0.2) is 0 Å². The molecule has 1 aromatic rings. The van der Waals surface area contributed by atoms with Crippen LogP contribution in [0.2, 0.25) is 0 Å². The van der Waals surface area contributed by atoms with Gasteiger partial charge in [-0.15, -0.1) is 9.24 Å². The van der Waals surface area contributed by atoms with Crippen molar-refractivity contribution in [3.63, 3.8) is 0 Å². The van der Waals surface area contributed by atoms with Crippen molar-refractivity contribution in [2.45, 2.75) is 19.4 Å². The van der Waals surface area contributed by atoms with Gasteiger partial charge in [0.25, 0.3) is 0 Å². The molecule has 0 aliphatic carbocycles. The summed E-state index contributed by atoms with van der Waals surface area (Å²) in [6, 6.07) is 7.81. The second-order valence-electron chi connectivity index (χ2n) is 2.98. The van der Waals surface area contributed by atoms with Gasteiger partial charge in [0.1, 0.15) is 5.75 Å². The van der Waals surface area contributed by atoms with Crippen molar-refractivity contribution >= 4 is 14.5 Å². The standard InChI is InChI=1S/C10H15O2P/c1-8(6-7-11)12-9-4-2-3-5-10(9)13/h2-5,8,11H,6-7,13H2,1H3. The molecule has 1 rings (SSSR count). The molecule has 2 atom stereocenters. The first-order chi connectivity index (χ1) is 6.24. The molecule has 72 valence electrons. The van der Waals surface area contributed by atoms with E-state index in [1.807, 2.05) is 31.2 Å². The van der Waals surface area contributed by atoms with Crippen molar-refractivity contribution in [1.29, 1.82) is 0 Å². The predicted octanol–water partition coefficient (Wildman–Crippen LogP) is 1.34. The van der Waals surface area contributed by atoms with Crippen molar-refractivity contribution in [2.24, 2.45) is 0 Å². The van der Waals surface area contributed by atoms with Crippen LogP contribution in [0.1, 0.15) is 13.3 Å². The normalized spacial score (nSPS) is 12.5. The van der Waals surface area contributed by atoms with E-state index in [2.05, 4.69) is 9.24 Å². The van der Waals surface area contributed by atoms with E-state index >= 15 is 0 Å². The van der Waals surface area contributed by atoms with Gasteiger partial charge in [-0.05, 0) is 13.0 Å². The Kier molecular flexibility index (Phi) is 4.20. The van der Waals surface area contributed by atoms with Gasteiger partial charge in [-0.2, -0.15) is 0 Å². The molecule has 0 saturated heterocycles. The Morgan fingerprint density at radius 1 is 1.46 bits per heavy atom. The van der Waals surface area contributed by atoms with Gasteiger partial charge in [-0.1, -0.05) is 18.2 Å². The van der Waals surface area contributed by atoms with Gasteiger partial charge in [0.2, 0.25) is 0 Å². The van der Waals surface area contributed by atoms with Crippen LogP contribution in [0.25, 0.3) is 0 Å². The first-order valence-corrected chi connectivity index (χ1v) is 4.94. The highest BCUT2D eigenvalue weighted by atomic mass is 31.0. The zero-order valence-corrected chi connectivity index (χ0v) is 8.89. The maximum absolute atomic E-state index is 8.70. The number of aliphatic hydroxyl groups excluding tert-OH is 1. The lowest BCUT2D eigenvalue weighted by Crippen LogP contribution is -2.16. The molecule has 13 heavy (non-hydrogen) atoms. The minimum absolute atomic E-state index is 0.0618. The Morgan fingerprint density at radius 3 is 2.77 bits per heavy atom.